The first-order valence-corrected chi connectivity index (χ1v) is 5.79. The zero-order chi connectivity index (χ0) is 10.6. The van der Waals surface area contributed by atoms with Gasteiger partial charge in [0.25, 0.3) is 0 Å². The van der Waals surface area contributed by atoms with E-state index in [2.05, 4.69) is 30.8 Å². The highest BCUT2D eigenvalue weighted by Crippen LogP contribution is 2.12. The molecule has 14 heavy (non-hydrogen) atoms. The van der Waals surface area contributed by atoms with Crippen LogP contribution in [-0.4, -0.2) is 55.6 Å². The number of hydrogen-bond donors (Lipinski definition) is 1. The summed E-state index contributed by atoms with van der Waals surface area (Å²) in [5, 5.41) is 0. The first-order chi connectivity index (χ1) is 6.65. The van der Waals surface area contributed by atoms with Gasteiger partial charge in [-0.3, -0.25) is 0 Å². The molecule has 1 aliphatic rings. The van der Waals surface area contributed by atoms with Crippen molar-refractivity contribution < 1.29 is 0 Å². The molecule has 0 aromatic rings. The number of rotatable bonds is 3. The Morgan fingerprint density at radius 3 is 2.71 bits per heavy atom. The molecule has 1 fully saturated rings. The lowest BCUT2D eigenvalue weighted by atomic mass is 10.0. The van der Waals surface area contributed by atoms with Gasteiger partial charge in [0.15, 0.2) is 0 Å². The molecule has 1 heterocycles. The van der Waals surface area contributed by atoms with Crippen LogP contribution in [0.2, 0.25) is 0 Å². The Balaban J connectivity index is 2.52. The fraction of sp³-hybridized carbons (Fsp3) is 1.00. The molecule has 3 heteroatoms. The van der Waals surface area contributed by atoms with Crippen molar-refractivity contribution in [3.05, 3.63) is 0 Å². The number of likely N-dealkylation sites (N-methyl/N-ethyl adjacent to an activating group) is 2. The minimum atomic E-state index is 0.338. The highest BCUT2D eigenvalue weighted by molar-refractivity contribution is 4.85. The van der Waals surface area contributed by atoms with Crippen LogP contribution in [0.4, 0.5) is 0 Å². The van der Waals surface area contributed by atoms with Crippen LogP contribution in [0.25, 0.3) is 0 Å². The second kappa shape index (κ2) is 5.69. The smallest absolute Gasteiger partial charge is 0.0371 e. The maximum Gasteiger partial charge on any atom is 0.0371 e. The molecule has 0 aromatic heterocycles. The molecule has 2 atom stereocenters. The van der Waals surface area contributed by atoms with E-state index in [1.165, 1.54) is 25.9 Å². The number of nitrogens with zero attached hydrogens (tertiary/aromatic N) is 2. The topological polar surface area (TPSA) is 32.5 Å². The van der Waals surface area contributed by atoms with Gasteiger partial charge in [-0.2, -0.15) is 0 Å². The van der Waals surface area contributed by atoms with Crippen molar-refractivity contribution >= 4 is 0 Å². The zero-order valence-corrected chi connectivity index (χ0v) is 9.87. The third-order valence-corrected chi connectivity index (χ3v) is 3.23. The van der Waals surface area contributed by atoms with Gasteiger partial charge in [-0.25, -0.2) is 0 Å². The van der Waals surface area contributed by atoms with E-state index in [1.54, 1.807) is 0 Å². The van der Waals surface area contributed by atoms with E-state index in [-0.39, 0.29) is 0 Å². The molecule has 0 saturated carbocycles. The van der Waals surface area contributed by atoms with Crippen LogP contribution in [0, 0.1) is 0 Å². The molecular weight excluding hydrogens is 174 g/mol. The molecule has 84 valence electrons. The molecular formula is C11H25N3. The molecule has 0 aromatic carbocycles. The minimum Gasteiger partial charge on any atom is -0.326 e. The molecule has 0 radical (unpaired) electrons. The predicted octanol–water partition coefficient (Wildman–Crippen LogP) is 0.750. The van der Waals surface area contributed by atoms with Crippen molar-refractivity contribution in [1.29, 1.82) is 0 Å². The lowest BCUT2D eigenvalue weighted by Gasteiger charge is -2.32. The first kappa shape index (κ1) is 12.0. The van der Waals surface area contributed by atoms with E-state index in [4.69, 9.17) is 5.73 Å². The lowest BCUT2D eigenvalue weighted by molar-refractivity contribution is 0.191. The van der Waals surface area contributed by atoms with Crippen LogP contribution in [0.3, 0.4) is 0 Å². The number of nitrogens with two attached hydrogens (primary N) is 1. The van der Waals surface area contributed by atoms with Crippen LogP contribution in [0.15, 0.2) is 0 Å². The van der Waals surface area contributed by atoms with E-state index >= 15 is 0 Å². The van der Waals surface area contributed by atoms with E-state index < -0.39 is 0 Å². The predicted molar refractivity (Wildman–Crippen MR) is 61.4 cm³/mol. The summed E-state index contributed by atoms with van der Waals surface area (Å²) in [5.74, 6) is 0. The Labute approximate surface area is 88.2 Å². The molecule has 0 aliphatic carbocycles. The standard InChI is InChI=1S/C11H25N3/c1-4-6-10(12)11-9-13(2)7-5-8-14(11)3/h10-11H,4-9,12H2,1-3H3/t10-,11?/m0/s1. The van der Waals surface area contributed by atoms with Gasteiger partial charge >= 0.3 is 0 Å². The van der Waals surface area contributed by atoms with E-state index in [0.717, 1.165) is 13.0 Å². The van der Waals surface area contributed by atoms with Crippen molar-refractivity contribution in [2.75, 3.05) is 33.7 Å². The van der Waals surface area contributed by atoms with Gasteiger partial charge in [0.05, 0.1) is 0 Å². The van der Waals surface area contributed by atoms with Crippen LogP contribution in [0.1, 0.15) is 26.2 Å². The van der Waals surface area contributed by atoms with Crippen LogP contribution < -0.4 is 5.73 Å². The zero-order valence-electron chi connectivity index (χ0n) is 9.87. The van der Waals surface area contributed by atoms with Gasteiger partial charge in [0.1, 0.15) is 0 Å². The summed E-state index contributed by atoms with van der Waals surface area (Å²) in [6.45, 7) is 5.73. The average Bonchev–Trinajstić information content (AvgIpc) is 2.29. The molecule has 2 N–H and O–H groups in total. The van der Waals surface area contributed by atoms with Crippen molar-refractivity contribution in [2.24, 2.45) is 5.73 Å². The molecule has 0 amide bonds. The van der Waals surface area contributed by atoms with Gasteiger partial charge in [0, 0.05) is 18.6 Å². The summed E-state index contributed by atoms with van der Waals surface area (Å²) in [6, 6.07) is 0.882. The van der Waals surface area contributed by atoms with Gasteiger partial charge in [-0.15, -0.1) is 0 Å². The van der Waals surface area contributed by atoms with Crippen LogP contribution >= 0.6 is 0 Å². The summed E-state index contributed by atoms with van der Waals surface area (Å²) < 4.78 is 0. The van der Waals surface area contributed by atoms with Gasteiger partial charge < -0.3 is 15.5 Å². The van der Waals surface area contributed by atoms with Crippen molar-refractivity contribution in [2.45, 2.75) is 38.3 Å². The van der Waals surface area contributed by atoms with Crippen LogP contribution in [-0.2, 0) is 0 Å². The largest absolute Gasteiger partial charge is 0.326 e. The molecule has 1 saturated heterocycles. The fourth-order valence-electron chi connectivity index (χ4n) is 2.29. The Morgan fingerprint density at radius 1 is 1.36 bits per heavy atom. The third kappa shape index (κ3) is 3.23. The molecule has 1 unspecified atom stereocenters. The summed E-state index contributed by atoms with van der Waals surface area (Å²) >= 11 is 0. The second-order valence-corrected chi connectivity index (χ2v) is 4.62. The van der Waals surface area contributed by atoms with E-state index in [1.807, 2.05) is 0 Å². The normalized spacial score (nSPS) is 28.7. The molecule has 0 spiro atoms. The first-order valence-electron chi connectivity index (χ1n) is 5.79. The average molecular weight is 199 g/mol. The maximum absolute atomic E-state index is 6.21. The quantitative estimate of drug-likeness (QED) is 0.728. The second-order valence-electron chi connectivity index (χ2n) is 4.62. The molecule has 1 aliphatic heterocycles. The summed E-state index contributed by atoms with van der Waals surface area (Å²) in [6.07, 6.45) is 3.60. The summed E-state index contributed by atoms with van der Waals surface area (Å²) in [4.78, 5) is 4.84. The minimum absolute atomic E-state index is 0.338. The van der Waals surface area contributed by atoms with Crippen molar-refractivity contribution in [1.82, 2.24) is 9.80 Å². The third-order valence-electron chi connectivity index (χ3n) is 3.23. The van der Waals surface area contributed by atoms with Gasteiger partial charge in [0.2, 0.25) is 0 Å². The lowest BCUT2D eigenvalue weighted by Crippen LogP contribution is -2.50. The Hall–Kier alpha value is -0.120. The van der Waals surface area contributed by atoms with E-state index in [0.29, 0.717) is 12.1 Å². The highest BCUT2D eigenvalue weighted by atomic mass is 15.2. The molecule has 1 rings (SSSR count). The summed E-state index contributed by atoms with van der Waals surface area (Å²) in [5.41, 5.74) is 6.21. The van der Waals surface area contributed by atoms with Gasteiger partial charge in [-0.1, -0.05) is 13.3 Å². The fourth-order valence-corrected chi connectivity index (χ4v) is 2.29. The SMILES string of the molecule is CCC[C@H](N)C1CN(C)CCCN1C. The van der Waals surface area contributed by atoms with Crippen LogP contribution in [0.5, 0.6) is 0 Å². The highest BCUT2D eigenvalue weighted by Gasteiger charge is 2.25. The Morgan fingerprint density at radius 2 is 2.07 bits per heavy atom. The molecule has 0 bridgehead atoms. The van der Waals surface area contributed by atoms with Crippen molar-refractivity contribution in [3.63, 3.8) is 0 Å². The number of hydrogen-bond acceptors (Lipinski definition) is 3. The Bertz CT molecular complexity index is 161. The summed E-state index contributed by atoms with van der Waals surface area (Å²) in [7, 11) is 4.41. The maximum atomic E-state index is 6.21. The van der Waals surface area contributed by atoms with Gasteiger partial charge in [-0.05, 0) is 40.0 Å². The molecule has 3 nitrogen and oxygen atoms in total. The van der Waals surface area contributed by atoms with Crippen molar-refractivity contribution in [3.8, 4) is 0 Å². The monoisotopic (exact) mass is 199 g/mol. The Kier molecular flexibility index (Phi) is 4.85. The van der Waals surface area contributed by atoms with E-state index in [9.17, 15) is 0 Å².